The van der Waals surface area contributed by atoms with Gasteiger partial charge in [0.25, 0.3) is 0 Å². The van der Waals surface area contributed by atoms with Gasteiger partial charge in [0, 0.05) is 0 Å². The van der Waals surface area contributed by atoms with Crippen molar-refractivity contribution in [3.05, 3.63) is 113 Å². The zero-order chi connectivity index (χ0) is 18.7. The molecule has 1 atom stereocenters. The van der Waals surface area contributed by atoms with Gasteiger partial charge in [-0.15, -0.1) is 18.6 Å². The molecule has 142 valence electrons. The third-order valence-corrected chi connectivity index (χ3v) is 4.06. The fourth-order valence-corrected chi connectivity index (χ4v) is 2.51. The second-order valence-corrected chi connectivity index (χ2v) is 6.49. The van der Waals surface area contributed by atoms with Gasteiger partial charge in [0.2, 0.25) is 0 Å². The van der Waals surface area contributed by atoms with Crippen molar-refractivity contribution in [2.75, 3.05) is 0 Å². The van der Waals surface area contributed by atoms with Crippen LogP contribution < -0.4 is 0 Å². The number of rotatable bonds is 8. The molecular formula is C26H34Zr. The summed E-state index contributed by atoms with van der Waals surface area (Å²) < 4.78 is 0. The van der Waals surface area contributed by atoms with Crippen molar-refractivity contribution in [2.24, 2.45) is 5.92 Å². The van der Waals surface area contributed by atoms with Crippen molar-refractivity contribution in [3.8, 4) is 0 Å². The van der Waals surface area contributed by atoms with Crippen molar-refractivity contribution >= 4 is 0 Å². The Morgan fingerprint density at radius 2 is 1.22 bits per heavy atom. The number of hydrogen-bond donors (Lipinski definition) is 0. The summed E-state index contributed by atoms with van der Waals surface area (Å²) in [5.74, 6) is 0.581. The second kappa shape index (κ2) is 20.7. The molecule has 1 aromatic carbocycles. The summed E-state index contributed by atoms with van der Waals surface area (Å²) in [6, 6.07) is 10.5. The van der Waals surface area contributed by atoms with Gasteiger partial charge in [-0.05, 0) is 64.2 Å². The second-order valence-electron chi connectivity index (χ2n) is 6.49. The van der Waals surface area contributed by atoms with Crippen molar-refractivity contribution in [1.29, 1.82) is 0 Å². The van der Waals surface area contributed by atoms with E-state index < -0.39 is 0 Å². The molecule has 0 amide bonds. The van der Waals surface area contributed by atoms with Crippen molar-refractivity contribution < 1.29 is 26.2 Å². The minimum Gasteiger partial charge on any atom is -0.341 e. The standard InChI is InChI=1S/C16H24.2C5H5.Zr/c1-3-4-5-7-10-15(2)13-14-16-11-8-6-9-12-16;2*1-2-4-5-3-1;/h6,8-9,11-12,14-15H,2-5,7,10,13H2,1H3;2*1-5H;/q-2;;;+2/t15-;;;/m0.../s1. The van der Waals surface area contributed by atoms with E-state index in [0.717, 1.165) is 6.42 Å². The number of benzene rings is 1. The third kappa shape index (κ3) is 17.8. The molecule has 0 unspecified atom stereocenters. The van der Waals surface area contributed by atoms with Gasteiger partial charge in [-0.25, -0.2) is 0 Å². The number of hydrogen-bond acceptors (Lipinski definition) is 0. The fraction of sp³-hybridized carbons (Fsp3) is 0.308. The summed E-state index contributed by atoms with van der Waals surface area (Å²) in [5.41, 5.74) is 1.32. The third-order valence-electron chi connectivity index (χ3n) is 4.06. The summed E-state index contributed by atoms with van der Waals surface area (Å²) in [6.45, 7) is 6.47. The van der Waals surface area contributed by atoms with Gasteiger partial charge >= 0.3 is 26.2 Å². The average Bonchev–Trinajstić information content (AvgIpc) is 3.43. The van der Waals surface area contributed by atoms with Crippen LogP contribution in [0.4, 0.5) is 0 Å². The Labute approximate surface area is 190 Å². The molecule has 0 aromatic heterocycles. The molecule has 0 bridgehead atoms. The first kappa shape index (κ1) is 27.0. The molecule has 0 saturated heterocycles. The SMILES string of the molecule is [CH2-][C@H](C[CH-]c1ccccc1)CCCCCC.[CH]1[CH][CH][CH][CH]1.[CH]1[CH][CH][CH][CH]1.[Zr+2]. The van der Waals surface area contributed by atoms with Crippen LogP contribution >= 0.6 is 0 Å². The Morgan fingerprint density at radius 1 is 0.741 bits per heavy atom. The van der Waals surface area contributed by atoms with Gasteiger partial charge in [0.1, 0.15) is 0 Å². The van der Waals surface area contributed by atoms with E-state index in [1.807, 2.05) is 64.2 Å². The molecule has 0 heterocycles. The first-order valence-corrected chi connectivity index (χ1v) is 9.87. The van der Waals surface area contributed by atoms with E-state index in [9.17, 15) is 0 Å². The van der Waals surface area contributed by atoms with Gasteiger partial charge in [-0.1, -0.05) is 45.1 Å². The van der Waals surface area contributed by atoms with Gasteiger partial charge in [-0.2, -0.15) is 30.0 Å². The molecule has 3 rings (SSSR count). The van der Waals surface area contributed by atoms with E-state index in [4.69, 9.17) is 0 Å². The van der Waals surface area contributed by atoms with E-state index in [0.29, 0.717) is 5.92 Å². The molecule has 0 N–H and O–H groups in total. The first-order valence-electron chi connectivity index (χ1n) is 9.87. The van der Waals surface area contributed by atoms with E-state index in [2.05, 4.69) is 50.6 Å². The monoisotopic (exact) mass is 436 g/mol. The molecule has 0 nitrogen and oxygen atoms in total. The summed E-state index contributed by atoms with van der Waals surface area (Å²) in [7, 11) is 0. The van der Waals surface area contributed by atoms with Crippen molar-refractivity contribution in [2.45, 2.75) is 45.4 Å². The fourth-order valence-electron chi connectivity index (χ4n) is 2.51. The van der Waals surface area contributed by atoms with Crippen LogP contribution in [-0.4, -0.2) is 0 Å². The van der Waals surface area contributed by atoms with Crippen molar-refractivity contribution in [1.82, 2.24) is 0 Å². The Hall–Kier alpha value is -0.0269. The first-order chi connectivity index (χ1) is 12.8. The van der Waals surface area contributed by atoms with Gasteiger partial charge in [0.05, 0.1) is 0 Å². The van der Waals surface area contributed by atoms with Crippen molar-refractivity contribution in [3.63, 3.8) is 0 Å². The van der Waals surface area contributed by atoms with E-state index in [1.165, 1.54) is 37.7 Å². The zero-order valence-electron chi connectivity index (χ0n) is 16.8. The van der Waals surface area contributed by atoms with Crippen LogP contribution in [0.2, 0.25) is 0 Å². The van der Waals surface area contributed by atoms with Crippen LogP contribution in [0.25, 0.3) is 0 Å². The zero-order valence-corrected chi connectivity index (χ0v) is 19.2. The minimum absolute atomic E-state index is 0. The topological polar surface area (TPSA) is 0 Å². The predicted octanol–water partition coefficient (Wildman–Crippen LogP) is 7.09. The van der Waals surface area contributed by atoms with Crippen LogP contribution in [0.5, 0.6) is 0 Å². The predicted molar refractivity (Wildman–Crippen MR) is 115 cm³/mol. The summed E-state index contributed by atoms with van der Waals surface area (Å²) >= 11 is 0. The van der Waals surface area contributed by atoms with Crippen LogP contribution in [0.1, 0.15) is 51.0 Å². The Morgan fingerprint density at radius 3 is 1.67 bits per heavy atom. The van der Waals surface area contributed by atoms with Gasteiger partial charge in [0.15, 0.2) is 0 Å². The maximum absolute atomic E-state index is 4.22. The van der Waals surface area contributed by atoms with Crippen LogP contribution in [0, 0.1) is 83.5 Å². The maximum Gasteiger partial charge on any atom is 2.00 e. The van der Waals surface area contributed by atoms with Crippen LogP contribution in [0.15, 0.2) is 30.3 Å². The molecule has 2 saturated carbocycles. The van der Waals surface area contributed by atoms with E-state index >= 15 is 0 Å². The summed E-state index contributed by atoms with van der Waals surface area (Å²) in [5, 5.41) is 0. The molecule has 2 aliphatic rings. The van der Waals surface area contributed by atoms with Gasteiger partial charge in [-0.3, -0.25) is 0 Å². The Bertz CT molecular complexity index is 353. The molecule has 2 aliphatic carbocycles. The van der Waals surface area contributed by atoms with Crippen LogP contribution in [0.3, 0.4) is 0 Å². The maximum atomic E-state index is 4.22. The molecule has 1 heteroatoms. The minimum atomic E-state index is 0. The largest absolute Gasteiger partial charge is 2.00 e. The molecule has 10 radical (unpaired) electrons. The van der Waals surface area contributed by atoms with E-state index in [-0.39, 0.29) is 26.2 Å². The quantitative estimate of drug-likeness (QED) is 0.301. The summed E-state index contributed by atoms with van der Waals surface area (Å²) in [6.07, 6.45) is 30.1. The normalized spacial score (nSPS) is 16.2. The van der Waals surface area contributed by atoms with Crippen LogP contribution in [-0.2, 0) is 26.2 Å². The molecule has 1 aromatic rings. The molecule has 0 spiro atoms. The average molecular weight is 438 g/mol. The molecule has 2 fully saturated rings. The summed E-state index contributed by atoms with van der Waals surface area (Å²) in [4.78, 5) is 0. The number of unbranched alkanes of at least 4 members (excludes halogenated alkanes) is 3. The van der Waals surface area contributed by atoms with Gasteiger partial charge < -0.3 is 6.92 Å². The Kier molecular flexibility index (Phi) is 20.7. The Balaban J connectivity index is 0.000000496. The smallest absolute Gasteiger partial charge is 0.341 e. The van der Waals surface area contributed by atoms with E-state index in [1.54, 1.807) is 0 Å². The molecule has 0 aliphatic heterocycles. The molecular weight excluding hydrogens is 404 g/mol. The molecule has 27 heavy (non-hydrogen) atoms.